The van der Waals surface area contributed by atoms with E-state index in [-0.39, 0.29) is 5.91 Å². The first kappa shape index (κ1) is 13.9. The first-order valence-electron chi connectivity index (χ1n) is 6.99. The van der Waals surface area contributed by atoms with Gasteiger partial charge in [-0.3, -0.25) is 4.79 Å². The molecular weight excluding hydrogens is 244 g/mol. The molecule has 0 aromatic rings. The maximum absolute atomic E-state index is 11.8. The minimum absolute atomic E-state index is 0.237. The van der Waals surface area contributed by atoms with E-state index in [4.69, 9.17) is 0 Å². The molecule has 0 aliphatic carbocycles. The third-order valence-corrected chi connectivity index (χ3v) is 4.81. The van der Waals surface area contributed by atoms with Crippen molar-refractivity contribution < 1.29 is 4.79 Å². The molecule has 102 valence electrons. The van der Waals surface area contributed by atoms with Gasteiger partial charge in [0.2, 0.25) is 5.91 Å². The molecule has 2 aliphatic rings. The van der Waals surface area contributed by atoms with Crippen LogP contribution in [0.2, 0.25) is 0 Å². The van der Waals surface area contributed by atoms with Crippen molar-refractivity contribution in [3.63, 3.8) is 0 Å². The SMILES string of the molecule is C=CCSCCNC(=O)CC1CC2CCC(C1)N2. The topological polar surface area (TPSA) is 41.1 Å². The molecular formula is C14H24N2OS. The van der Waals surface area contributed by atoms with E-state index < -0.39 is 0 Å². The number of hydrogen-bond donors (Lipinski definition) is 2. The smallest absolute Gasteiger partial charge is 0.220 e. The first-order valence-corrected chi connectivity index (χ1v) is 8.14. The highest BCUT2D eigenvalue weighted by atomic mass is 32.2. The van der Waals surface area contributed by atoms with Gasteiger partial charge in [0.1, 0.15) is 0 Å². The lowest BCUT2D eigenvalue weighted by Gasteiger charge is -2.28. The van der Waals surface area contributed by atoms with E-state index in [9.17, 15) is 4.79 Å². The molecule has 2 N–H and O–H groups in total. The van der Waals surface area contributed by atoms with E-state index in [0.29, 0.717) is 18.0 Å². The Kier molecular flexibility index (Phi) is 5.57. The van der Waals surface area contributed by atoms with E-state index in [2.05, 4.69) is 17.2 Å². The van der Waals surface area contributed by atoms with Crippen molar-refractivity contribution in [3.8, 4) is 0 Å². The van der Waals surface area contributed by atoms with Gasteiger partial charge in [-0.15, -0.1) is 6.58 Å². The molecule has 0 radical (unpaired) electrons. The summed E-state index contributed by atoms with van der Waals surface area (Å²) in [6.07, 6.45) is 7.62. The highest BCUT2D eigenvalue weighted by Crippen LogP contribution is 2.32. The predicted molar refractivity (Wildman–Crippen MR) is 77.8 cm³/mol. The Morgan fingerprint density at radius 3 is 2.78 bits per heavy atom. The van der Waals surface area contributed by atoms with Gasteiger partial charge in [0.15, 0.2) is 0 Å². The summed E-state index contributed by atoms with van der Waals surface area (Å²) in [7, 11) is 0. The van der Waals surface area contributed by atoms with E-state index in [0.717, 1.165) is 24.5 Å². The van der Waals surface area contributed by atoms with Crippen LogP contribution in [0.3, 0.4) is 0 Å². The van der Waals surface area contributed by atoms with Crippen LogP contribution in [0.1, 0.15) is 32.1 Å². The summed E-state index contributed by atoms with van der Waals surface area (Å²) in [6, 6.07) is 1.37. The van der Waals surface area contributed by atoms with Gasteiger partial charge in [-0.2, -0.15) is 11.8 Å². The number of carbonyl (C=O) groups is 1. The fourth-order valence-electron chi connectivity index (χ4n) is 3.11. The fourth-order valence-corrected chi connectivity index (χ4v) is 3.69. The molecule has 0 aromatic heterocycles. The zero-order valence-electron chi connectivity index (χ0n) is 11.0. The summed E-state index contributed by atoms with van der Waals surface area (Å²) in [5.41, 5.74) is 0. The lowest BCUT2D eigenvalue weighted by atomic mass is 9.89. The number of amides is 1. The van der Waals surface area contributed by atoms with Crippen molar-refractivity contribution in [3.05, 3.63) is 12.7 Å². The van der Waals surface area contributed by atoms with Crippen LogP contribution >= 0.6 is 11.8 Å². The lowest BCUT2D eigenvalue weighted by molar-refractivity contribution is -0.122. The molecule has 4 heteroatoms. The van der Waals surface area contributed by atoms with E-state index in [1.165, 1.54) is 25.7 Å². The number of piperidine rings is 1. The quantitative estimate of drug-likeness (QED) is 0.548. The van der Waals surface area contributed by atoms with Gasteiger partial charge in [0.25, 0.3) is 0 Å². The largest absolute Gasteiger partial charge is 0.355 e. The highest BCUT2D eigenvalue weighted by Gasteiger charge is 2.33. The monoisotopic (exact) mass is 268 g/mol. The zero-order valence-corrected chi connectivity index (χ0v) is 11.8. The molecule has 18 heavy (non-hydrogen) atoms. The predicted octanol–water partition coefficient (Wildman–Crippen LogP) is 1.94. The third kappa shape index (κ3) is 4.32. The number of rotatable bonds is 7. The molecule has 1 amide bonds. The Bertz CT molecular complexity index is 284. The standard InChI is InChI=1S/C14H24N2OS/c1-2-6-18-7-5-15-14(17)10-11-8-12-3-4-13(9-11)16-12/h2,11-13,16H,1,3-10H2,(H,15,17). The van der Waals surface area contributed by atoms with Gasteiger partial charge in [-0.25, -0.2) is 0 Å². The normalized spacial score (nSPS) is 30.1. The van der Waals surface area contributed by atoms with Crippen molar-refractivity contribution in [2.24, 2.45) is 5.92 Å². The number of nitrogens with one attached hydrogen (secondary N) is 2. The molecule has 2 fully saturated rings. The number of fused-ring (bicyclic) bond motifs is 2. The average molecular weight is 268 g/mol. The van der Waals surface area contributed by atoms with Crippen LogP contribution in [-0.2, 0) is 4.79 Å². The molecule has 2 saturated heterocycles. The van der Waals surface area contributed by atoms with E-state index in [1.54, 1.807) is 0 Å². The second-order valence-electron chi connectivity index (χ2n) is 5.39. The van der Waals surface area contributed by atoms with Crippen LogP contribution in [0.4, 0.5) is 0 Å². The van der Waals surface area contributed by atoms with Crippen LogP contribution in [0, 0.1) is 5.92 Å². The minimum atomic E-state index is 0.237. The minimum Gasteiger partial charge on any atom is -0.355 e. The van der Waals surface area contributed by atoms with Crippen LogP contribution in [0.25, 0.3) is 0 Å². The second kappa shape index (κ2) is 7.19. The van der Waals surface area contributed by atoms with Crippen LogP contribution in [0.15, 0.2) is 12.7 Å². The number of thioether (sulfide) groups is 1. The van der Waals surface area contributed by atoms with Crippen molar-refractivity contribution in [1.82, 2.24) is 10.6 Å². The molecule has 2 aliphatic heterocycles. The van der Waals surface area contributed by atoms with Crippen LogP contribution in [-0.4, -0.2) is 36.0 Å². The summed E-state index contributed by atoms with van der Waals surface area (Å²) in [4.78, 5) is 11.8. The van der Waals surface area contributed by atoms with Crippen molar-refractivity contribution in [2.75, 3.05) is 18.1 Å². The van der Waals surface area contributed by atoms with Gasteiger partial charge < -0.3 is 10.6 Å². The molecule has 2 bridgehead atoms. The number of hydrogen-bond acceptors (Lipinski definition) is 3. The van der Waals surface area contributed by atoms with Crippen molar-refractivity contribution in [2.45, 2.75) is 44.2 Å². The molecule has 2 rings (SSSR count). The van der Waals surface area contributed by atoms with Gasteiger partial charge in [-0.1, -0.05) is 6.08 Å². The molecule has 3 nitrogen and oxygen atoms in total. The average Bonchev–Trinajstić information content (AvgIpc) is 2.68. The van der Waals surface area contributed by atoms with E-state index >= 15 is 0 Å². The first-order chi connectivity index (χ1) is 8.78. The van der Waals surface area contributed by atoms with E-state index in [1.807, 2.05) is 17.8 Å². The summed E-state index contributed by atoms with van der Waals surface area (Å²) in [5.74, 6) is 2.79. The van der Waals surface area contributed by atoms with Gasteiger partial charge in [0, 0.05) is 36.6 Å². The Morgan fingerprint density at radius 1 is 1.39 bits per heavy atom. The molecule has 2 unspecified atom stereocenters. The van der Waals surface area contributed by atoms with Gasteiger partial charge in [0.05, 0.1) is 0 Å². The fraction of sp³-hybridized carbons (Fsp3) is 0.786. The maximum Gasteiger partial charge on any atom is 0.220 e. The molecule has 0 aromatic carbocycles. The van der Waals surface area contributed by atoms with Crippen molar-refractivity contribution >= 4 is 17.7 Å². The number of carbonyl (C=O) groups excluding carboxylic acids is 1. The van der Waals surface area contributed by atoms with Gasteiger partial charge in [-0.05, 0) is 31.6 Å². The Hall–Kier alpha value is -0.480. The summed E-state index contributed by atoms with van der Waals surface area (Å²) < 4.78 is 0. The molecule has 0 saturated carbocycles. The third-order valence-electron chi connectivity index (χ3n) is 3.85. The Balaban J connectivity index is 1.58. The van der Waals surface area contributed by atoms with Crippen LogP contribution in [0.5, 0.6) is 0 Å². The molecule has 2 heterocycles. The zero-order chi connectivity index (χ0) is 12.8. The maximum atomic E-state index is 11.8. The van der Waals surface area contributed by atoms with Gasteiger partial charge >= 0.3 is 0 Å². The van der Waals surface area contributed by atoms with Crippen LogP contribution < -0.4 is 10.6 Å². The Labute approximate surface area is 114 Å². The lowest BCUT2D eigenvalue weighted by Crippen LogP contribution is -2.39. The summed E-state index contributed by atoms with van der Waals surface area (Å²) in [5, 5.41) is 6.64. The summed E-state index contributed by atoms with van der Waals surface area (Å²) >= 11 is 1.81. The van der Waals surface area contributed by atoms with Crippen molar-refractivity contribution in [1.29, 1.82) is 0 Å². The summed E-state index contributed by atoms with van der Waals surface area (Å²) in [6.45, 7) is 4.46. The highest BCUT2D eigenvalue weighted by molar-refractivity contribution is 7.99. The molecule has 0 spiro atoms. The second-order valence-corrected chi connectivity index (χ2v) is 6.54. The molecule has 2 atom stereocenters. The Morgan fingerprint density at radius 2 is 2.11 bits per heavy atom.